The van der Waals surface area contributed by atoms with Gasteiger partial charge in [-0.2, -0.15) is 0 Å². The van der Waals surface area contributed by atoms with Gasteiger partial charge < -0.3 is 25.7 Å². The first-order valence-corrected chi connectivity index (χ1v) is 14.5. The molecule has 10 heteroatoms. The van der Waals surface area contributed by atoms with Crippen molar-refractivity contribution < 1.29 is 34.2 Å². The van der Waals surface area contributed by atoms with Crippen molar-refractivity contribution in [3.63, 3.8) is 0 Å². The van der Waals surface area contributed by atoms with E-state index in [0.717, 1.165) is 38.5 Å². The Morgan fingerprint density at radius 2 is 0.974 bits per heavy atom. The molecule has 0 unspecified atom stereocenters. The third kappa shape index (κ3) is 23.7. The maximum atomic E-state index is 12.5. The minimum atomic E-state index is -1.10. The highest BCUT2D eigenvalue weighted by atomic mass is 16.4. The number of nitrogens with zero attached hydrogens (tertiary/aromatic N) is 1. The van der Waals surface area contributed by atoms with E-state index in [1.165, 1.54) is 49.8 Å². The Balaban J connectivity index is 3.78. The zero-order chi connectivity index (χ0) is 28.4. The van der Waals surface area contributed by atoms with Gasteiger partial charge in [-0.05, 0) is 12.8 Å². The van der Waals surface area contributed by atoms with E-state index in [1.54, 1.807) is 6.92 Å². The fraction of sp³-hybridized carbons (Fsp3) is 0.821. The largest absolute Gasteiger partial charge is 0.481 e. The number of hydrogen-bond donors (Lipinski definition) is 4. The average Bonchev–Trinajstić information content (AvgIpc) is 2.87. The molecule has 0 aliphatic heterocycles. The summed E-state index contributed by atoms with van der Waals surface area (Å²) in [6.07, 6.45) is 16.3. The lowest BCUT2D eigenvalue weighted by Gasteiger charge is -2.20. The third-order valence-corrected chi connectivity index (χ3v) is 6.41. The number of nitrogens with one attached hydrogen (secondary N) is 2. The Morgan fingerprint density at radius 3 is 1.39 bits per heavy atom. The summed E-state index contributed by atoms with van der Waals surface area (Å²) in [7, 11) is 0. The van der Waals surface area contributed by atoms with E-state index in [-0.39, 0.29) is 50.1 Å². The van der Waals surface area contributed by atoms with Gasteiger partial charge in [0.25, 0.3) is 0 Å². The summed E-state index contributed by atoms with van der Waals surface area (Å²) in [5.41, 5.74) is 0. The number of aliphatic carboxylic acids is 2. The van der Waals surface area contributed by atoms with Gasteiger partial charge in [0.2, 0.25) is 17.7 Å². The number of carboxylic acid groups (broad SMARTS) is 2. The molecule has 220 valence electrons. The summed E-state index contributed by atoms with van der Waals surface area (Å²) >= 11 is 0. The van der Waals surface area contributed by atoms with Crippen LogP contribution in [0.2, 0.25) is 0 Å². The normalized spacial score (nSPS) is 10.7. The second-order valence-corrected chi connectivity index (χ2v) is 9.86. The molecule has 0 aromatic carbocycles. The molecular formula is C28H51N3O7. The molecule has 0 aromatic heterocycles. The highest BCUT2D eigenvalue weighted by Crippen LogP contribution is 2.14. The number of carboxylic acids is 2. The highest BCUT2D eigenvalue weighted by Gasteiger charge is 2.17. The van der Waals surface area contributed by atoms with Crippen LogP contribution in [0, 0.1) is 0 Å². The van der Waals surface area contributed by atoms with Crippen molar-refractivity contribution in [2.24, 2.45) is 0 Å². The summed E-state index contributed by atoms with van der Waals surface area (Å²) in [5.74, 6) is -2.42. The van der Waals surface area contributed by atoms with E-state index >= 15 is 0 Å². The molecule has 0 aliphatic rings. The molecule has 0 radical (unpaired) electrons. The Labute approximate surface area is 228 Å². The van der Waals surface area contributed by atoms with Crippen molar-refractivity contribution in [2.45, 2.75) is 122 Å². The summed E-state index contributed by atoms with van der Waals surface area (Å²) in [4.78, 5) is 58.5. The van der Waals surface area contributed by atoms with Crippen molar-refractivity contribution in [1.82, 2.24) is 15.5 Å². The number of rotatable bonds is 26. The predicted molar refractivity (Wildman–Crippen MR) is 147 cm³/mol. The first kappa shape index (κ1) is 35.4. The van der Waals surface area contributed by atoms with Crippen molar-refractivity contribution in [1.29, 1.82) is 0 Å². The number of amides is 3. The zero-order valence-electron chi connectivity index (χ0n) is 23.4. The molecule has 38 heavy (non-hydrogen) atoms. The van der Waals surface area contributed by atoms with Gasteiger partial charge in [-0.3, -0.25) is 24.0 Å². The molecule has 0 saturated carbocycles. The first-order chi connectivity index (χ1) is 18.3. The fourth-order valence-electron chi connectivity index (χ4n) is 4.14. The van der Waals surface area contributed by atoms with Crippen molar-refractivity contribution >= 4 is 29.7 Å². The van der Waals surface area contributed by atoms with E-state index in [0.29, 0.717) is 19.4 Å². The van der Waals surface area contributed by atoms with Crippen LogP contribution in [0.25, 0.3) is 0 Å². The molecule has 10 nitrogen and oxygen atoms in total. The zero-order valence-corrected chi connectivity index (χ0v) is 23.4. The number of carbonyl (C=O) groups is 5. The maximum Gasteiger partial charge on any atom is 0.323 e. The lowest BCUT2D eigenvalue weighted by molar-refractivity contribution is -0.145. The van der Waals surface area contributed by atoms with Crippen LogP contribution in [0.15, 0.2) is 0 Å². The smallest absolute Gasteiger partial charge is 0.323 e. The second kappa shape index (κ2) is 24.7. The van der Waals surface area contributed by atoms with E-state index in [2.05, 4.69) is 10.6 Å². The minimum absolute atomic E-state index is 0.0214. The van der Waals surface area contributed by atoms with Gasteiger partial charge in [0.15, 0.2) is 0 Å². The van der Waals surface area contributed by atoms with Crippen molar-refractivity contribution in [2.75, 3.05) is 26.2 Å². The van der Waals surface area contributed by atoms with E-state index in [1.807, 2.05) is 0 Å². The van der Waals surface area contributed by atoms with Crippen LogP contribution < -0.4 is 10.6 Å². The predicted octanol–water partition coefficient (Wildman–Crippen LogP) is 4.26. The lowest BCUT2D eigenvalue weighted by Crippen LogP contribution is -2.39. The number of unbranched alkanes of at least 4 members (excludes halogenated alkanes) is 13. The monoisotopic (exact) mass is 541 g/mol. The quantitative estimate of drug-likeness (QED) is 0.119. The van der Waals surface area contributed by atoms with Crippen molar-refractivity contribution in [3.05, 3.63) is 0 Å². The Bertz CT molecular complexity index is 685. The molecular weight excluding hydrogens is 490 g/mol. The molecule has 0 fully saturated rings. The molecule has 4 N–H and O–H groups in total. The Hall–Kier alpha value is -2.65. The van der Waals surface area contributed by atoms with Gasteiger partial charge in [-0.15, -0.1) is 0 Å². The summed E-state index contributed by atoms with van der Waals surface area (Å²) in [6.45, 7) is 2.00. The molecule has 0 heterocycles. The molecule has 0 rings (SSSR count). The van der Waals surface area contributed by atoms with Crippen LogP contribution in [0.1, 0.15) is 122 Å². The highest BCUT2D eigenvalue weighted by molar-refractivity contribution is 5.82. The maximum absolute atomic E-state index is 12.5. The molecule has 0 aliphatic carbocycles. The Morgan fingerprint density at radius 1 is 0.553 bits per heavy atom. The molecule has 0 bridgehead atoms. The van der Waals surface area contributed by atoms with E-state index < -0.39 is 18.5 Å². The van der Waals surface area contributed by atoms with Gasteiger partial charge in [0.05, 0.1) is 0 Å². The SMILES string of the molecule is CCC(=O)NCCNC(=O)CCN(CC(=O)O)C(=O)CCCCCCCCCCCCCCCCC(=O)O. The van der Waals surface area contributed by atoms with Crippen LogP contribution >= 0.6 is 0 Å². The van der Waals surface area contributed by atoms with Gasteiger partial charge >= 0.3 is 11.9 Å². The standard InChI is InChI=1S/C28H51N3O7/c1-2-24(32)29-20-21-30-25(33)19-22-31(23-28(37)38)26(34)17-15-13-11-9-7-5-3-4-6-8-10-12-14-16-18-27(35)36/h2-23H2,1H3,(H,29,32)(H,30,33)(H,35,36)(H,37,38). The molecule has 0 spiro atoms. The van der Waals surface area contributed by atoms with Crippen molar-refractivity contribution in [3.8, 4) is 0 Å². The number of carbonyl (C=O) groups excluding carboxylic acids is 3. The van der Waals surface area contributed by atoms with Crippen LogP contribution in [-0.4, -0.2) is 71.0 Å². The van der Waals surface area contributed by atoms with E-state index in [9.17, 15) is 24.0 Å². The summed E-state index contributed by atoms with van der Waals surface area (Å²) < 4.78 is 0. The lowest BCUT2D eigenvalue weighted by atomic mass is 10.0. The molecule has 0 atom stereocenters. The summed E-state index contributed by atoms with van der Waals surface area (Å²) in [5, 5.41) is 23.0. The van der Waals surface area contributed by atoms with Gasteiger partial charge in [-0.25, -0.2) is 0 Å². The topological polar surface area (TPSA) is 153 Å². The second-order valence-electron chi connectivity index (χ2n) is 9.86. The number of hydrogen-bond acceptors (Lipinski definition) is 5. The van der Waals surface area contributed by atoms with Gasteiger partial charge in [0, 0.05) is 45.3 Å². The third-order valence-electron chi connectivity index (χ3n) is 6.41. The van der Waals surface area contributed by atoms with Crippen LogP contribution in [0.3, 0.4) is 0 Å². The minimum Gasteiger partial charge on any atom is -0.481 e. The average molecular weight is 542 g/mol. The fourth-order valence-corrected chi connectivity index (χ4v) is 4.14. The van der Waals surface area contributed by atoms with Crippen LogP contribution in [0.5, 0.6) is 0 Å². The first-order valence-electron chi connectivity index (χ1n) is 14.5. The molecule has 0 aromatic rings. The van der Waals surface area contributed by atoms with Crippen LogP contribution in [-0.2, 0) is 24.0 Å². The molecule has 0 saturated heterocycles. The molecule has 3 amide bonds. The van der Waals surface area contributed by atoms with E-state index in [4.69, 9.17) is 10.2 Å². The van der Waals surface area contributed by atoms with Crippen LogP contribution in [0.4, 0.5) is 0 Å². The summed E-state index contributed by atoms with van der Waals surface area (Å²) in [6, 6.07) is 0. The van der Waals surface area contributed by atoms with Gasteiger partial charge in [-0.1, -0.05) is 84.0 Å². The Kier molecular flexibility index (Phi) is 23.0. The van der Waals surface area contributed by atoms with Gasteiger partial charge in [0.1, 0.15) is 6.54 Å².